The molecular weight excluding hydrogens is 304 g/mol. The summed E-state index contributed by atoms with van der Waals surface area (Å²) in [5.74, 6) is 0.486. The van der Waals surface area contributed by atoms with Crippen molar-refractivity contribution in [2.45, 2.75) is 46.0 Å². The molecule has 6 nitrogen and oxygen atoms in total. The van der Waals surface area contributed by atoms with Crippen molar-refractivity contribution in [2.75, 3.05) is 11.9 Å². The van der Waals surface area contributed by atoms with Gasteiger partial charge in [0.1, 0.15) is 11.5 Å². The zero-order chi connectivity index (χ0) is 17.4. The fourth-order valence-electron chi connectivity index (χ4n) is 2.51. The first-order valence-electron chi connectivity index (χ1n) is 8.56. The fraction of sp³-hybridized carbons (Fsp3) is 0.444. The number of imidazole rings is 1. The number of nitrogens with zero attached hydrogens (tertiary/aromatic N) is 2. The largest absolute Gasteiger partial charge is 0.370 e. The second-order valence-electron chi connectivity index (χ2n) is 5.79. The lowest BCUT2D eigenvalue weighted by atomic mass is 10.2. The number of amides is 1. The molecule has 0 fully saturated rings. The number of hydrogen-bond donors (Lipinski definition) is 3. The van der Waals surface area contributed by atoms with E-state index in [0.29, 0.717) is 0 Å². The number of aryl methyl sites for hydroxylation is 1. The molecule has 2 rings (SSSR count). The smallest absolute Gasteiger partial charge is 0.267 e. The molecule has 0 aliphatic rings. The molecule has 0 spiro atoms. The number of rotatable bonds is 9. The Morgan fingerprint density at radius 2 is 2.08 bits per heavy atom. The topological polar surface area (TPSA) is 78.7 Å². The molecule has 0 aliphatic carbocycles. The highest BCUT2D eigenvalue weighted by Gasteiger charge is 2.11. The Balaban J connectivity index is 2.34. The van der Waals surface area contributed by atoms with Crippen molar-refractivity contribution < 1.29 is 10.0 Å². The summed E-state index contributed by atoms with van der Waals surface area (Å²) in [7, 11) is 0. The van der Waals surface area contributed by atoms with E-state index in [1.54, 1.807) is 11.6 Å². The molecule has 0 radical (unpaired) electrons. The molecule has 24 heavy (non-hydrogen) atoms. The number of unbranched alkanes of at least 4 members (excludes halogenated alkanes) is 2. The number of fused-ring (bicyclic) bond motifs is 1. The number of hydrogen-bond acceptors (Lipinski definition) is 4. The standard InChI is InChI=1S/C18H26N4O2/c1-3-5-7-15-18(19-12-6-4-2)22-13-14(8-10-16(22)20-15)9-11-17(23)21-24/h8-11,13,19,24H,3-7,12H2,1-2H3,(H,21,23). The van der Waals surface area contributed by atoms with Gasteiger partial charge in [0.25, 0.3) is 5.91 Å². The first-order chi connectivity index (χ1) is 11.7. The first kappa shape index (κ1) is 18.0. The minimum Gasteiger partial charge on any atom is -0.370 e. The van der Waals surface area contributed by atoms with Crippen LogP contribution in [0.25, 0.3) is 11.7 Å². The molecule has 0 saturated carbocycles. The van der Waals surface area contributed by atoms with Crippen molar-refractivity contribution in [1.82, 2.24) is 14.9 Å². The second kappa shape index (κ2) is 9.08. The molecule has 2 heterocycles. The van der Waals surface area contributed by atoms with Crippen molar-refractivity contribution >= 4 is 23.4 Å². The Bertz CT molecular complexity index is 706. The van der Waals surface area contributed by atoms with Gasteiger partial charge >= 0.3 is 0 Å². The summed E-state index contributed by atoms with van der Waals surface area (Å²) in [6.07, 6.45) is 10.3. The number of aromatic nitrogens is 2. The van der Waals surface area contributed by atoms with Crippen molar-refractivity contribution in [1.29, 1.82) is 0 Å². The van der Waals surface area contributed by atoms with Crippen molar-refractivity contribution in [3.05, 3.63) is 35.7 Å². The number of hydroxylamine groups is 1. The number of carbonyl (C=O) groups is 1. The zero-order valence-electron chi connectivity index (χ0n) is 14.4. The summed E-state index contributed by atoms with van der Waals surface area (Å²) in [5.41, 5.74) is 4.43. The van der Waals surface area contributed by atoms with Gasteiger partial charge in [-0.2, -0.15) is 0 Å². The van der Waals surface area contributed by atoms with E-state index in [2.05, 4.69) is 19.2 Å². The van der Waals surface area contributed by atoms with E-state index in [0.717, 1.165) is 61.4 Å². The average molecular weight is 330 g/mol. The molecule has 0 aromatic carbocycles. The summed E-state index contributed by atoms with van der Waals surface area (Å²) in [5, 5.41) is 12.1. The third-order valence-electron chi connectivity index (χ3n) is 3.84. The molecule has 130 valence electrons. The van der Waals surface area contributed by atoms with E-state index in [-0.39, 0.29) is 0 Å². The zero-order valence-corrected chi connectivity index (χ0v) is 14.4. The van der Waals surface area contributed by atoms with Crippen LogP contribution in [0.5, 0.6) is 0 Å². The molecule has 2 aromatic rings. The maximum atomic E-state index is 11.1. The molecule has 3 N–H and O–H groups in total. The van der Waals surface area contributed by atoms with Crippen LogP contribution in [0.3, 0.4) is 0 Å². The number of carbonyl (C=O) groups excluding carboxylic acids is 1. The van der Waals surface area contributed by atoms with Crippen molar-refractivity contribution in [3.63, 3.8) is 0 Å². The molecule has 0 atom stereocenters. The highest BCUT2D eigenvalue weighted by atomic mass is 16.5. The van der Waals surface area contributed by atoms with Crippen LogP contribution < -0.4 is 10.8 Å². The third-order valence-corrected chi connectivity index (χ3v) is 3.84. The van der Waals surface area contributed by atoms with Crippen LogP contribution in [-0.2, 0) is 11.2 Å². The van der Waals surface area contributed by atoms with E-state index in [1.807, 2.05) is 22.7 Å². The van der Waals surface area contributed by atoms with Gasteiger partial charge in [0, 0.05) is 18.8 Å². The second-order valence-corrected chi connectivity index (χ2v) is 5.79. The van der Waals surface area contributed by atoms with Gasteiger partial charge in [-0.25, -0.2) is 10.5 Å². The maximum absolute atomic E-state index is 11.1. The van der Waals surface area contributed by atoms with Crippen LogP contribution in [0.2, 0.25) is 0 Å². The first-order valence-corrected chi connectivity index (χ1v) is 8.56. The van der Waals surface area contributed by atoms with E-state index >= 15 is 0 Å². The Hall–Kier alpha value is -2.34. The molecule has 1 amide bonds. The predicted octanol–water partition coefficient (Wildman–Crippen LogP) is 3.41. The van der Waals surface area contributed by atoms with Crippen LogP contribution in [0, 0.1) is 0 Å². The van der Waals surface area contributed by atoms with Crippen LogP contribution >= 0.6 is 0 Å². The van der Waals surface area contributed by atoms with Gasteiger partial charge in [-0.3, -0.25) is 14.4 Å². The maximum Gasteiger partial charge on any atom is 0.267 e. The SMILES string of the molecule is CCCCNc1c(CCCC)nc2ccc(C=CC(=O)NO)cn12. The fourth-order valence-corrected chi connectivity index (χ4v) is 2.51. The van der Waals surface area contributed by atoms with Crippen LogP contribution in [0.15, 0.2) is 24.4 Å². The van der Waals surface area contributed by atoms with Gasteiger partial charge in [-0.05, 0) is 43.0 Å². The molecular formula is C18H26N4O2. The average Bonchev–Trinajstić information content (AvgIpc) is 2.95. The molecule has 0 aliphatic heterocycles. The molecule has 0 unspecified atom stereocenters. The minimum atomic E-state index is -0.550. The highest BCUT2D eigenvalue weighted by Crippen LogP contribution is 2.21. The molecule has 2 aromatic heterocycles. The summed E-state index contributed by atoms with van der Waals surface area (Å²) >= 11 is 0. The van der Waals surface area contributed by atoms with Crippen LogP contribution in [-0.4, -0.2) is 27.0 Å². The minimum absolute atomic E-state index is 0.550. The van der Waals surface area contributed by atoms with Gasteiger partial charge < -0.3 is 5.32 Å². The summed E-state index contributed by atoms with van der Waals surface area (Å²) < 4.78 is 2.04. The van der Waals surface area contributed by atoms with Gasteiger partial charge in [-0.1, -0.05) is 26.7 Å². The number of anilines is 1. The van der Waals surface area contributed by atoms with Gasteiger partial charge in [-0.15, -0.1) is 0 Å². The predicted molar refractivity (Wildman–Crippen MR) is 96.2 cm³/mol. The lowest BCUT2D eigenvalue weighted by molar-refractivity contribution is -0.124. The Morgan fingerprint density at radius 3 is 2.79 bits per heavy atom. The third kappa shape index (κ3) is 4.58. The van der Waals surface area contributed by atoms with Gasteiger partial charge in [0.05, 0.1) is 5.69 Å². The summed E-state index contributed by atoms with van der Waals surface area (Å²) in [4.78, 5) is 15.9. The molecule has 0 bridgehead atoms. The van der Waals surface area contributed by atoms with Crippen LogP contribution in [0.1, 0.15) is 50.8 Å². The van der Waals surface area contributed by atoms with E-state index < -0.39 is 5.91 Å². The Kier molecular flexibility index (Phi) is 6.81. The van der Waals surface area contributed by atoms with Gasteiger partial charge in [0.15, 0.2) is 0 Å². The van der Waals surface area contributed by atoms with E-state index in [1.165, 1.54) is 6.08 Å². The monoisotopic (exact) mass is 330 g/mol. The van der Waals surface area contributed by atoms with Crippen molar-refractivity contribution in [2.24, 2.45) is 0 Å². The Morgan fingerprint density at radius 1 is 1.29 bits per heavy atom. The highest BCUT2D eigenvalue weighted by molar-refractivity contribution is 5.90. The normalized spacial score (nSPS) is 11.3. The number of nitrogens with one attached hydrogen (secondary N) is 2. The Labute approximate surface area is 142 Å². The van der Waals surface area contributed by atoms with Gasteiger partial charge in [0.2, 0.25) is 0 Å². The lowest BCUT2D eigenvalue weighted by Crippen LogP contribution is -2.14. The lowest BCUT2D eigenvalue weighted by Gasteiger charge is -2.08. The van der Waals surface area contributed by atoms with Crippen LogP contribution in [0.4, 0.5) is 5.82 Å². The van der Waals surface area contributed by atoms with E-state index in [9.17, 15) is 4.79 Å². The molecule has 6 heteroatoms. The quantitative estimate of drug-likeness (QED) is 0.285. The molecule has 0 saturated heterocycles. The van der Waals surface area contributed by atoms with E-state index in [4.69, 9.17) is 10.2 Å². The van der Waals surface area contributed by atoms with Crippen molar-refractivity contribution in [3.8, 4) is 0 Å². The summed E-state index contributed by atoms with van der Waals surface area (Å²) in [6, 6.07) is 3.85. The summed E-state index contributed by atoms with van der Waals surface area (Å²) in [6.45, 7) is 5.26. The number of pyridine rings is 1.